The van der Waals surface area contributed by atoms with Gasteiger partial charge in [0.25, 0.3) is 0 Å². The van der Waals surface area contributed by atoms with E-state index in [1.165, 1.54) is 0 Å². The van der Waals surface area contributed by atoms with E-state index in [2.05, 4.69) is 0 Å². The van der Waals surface area contributed by atoms with Gasteiger partial charge in [-0.15, -0.1) is 0 Å². The van der Waals surface area contributed by atoms with E-state index in [4.69, 9.17) is 14.6 Å². The van der Waals surface area contributed by atoms with Crippen molar-refractivity contribution in [1.29, 1.82) is 0 Å². The van der Waals surface area contributed by atoms with Crippen LogP contribution in [-0.2, 0) is 19.1 Å². The van der Waals surface area contributed by atoms with Gasteiger partial charge < -0.3 is 14.6 Å². The lowest BCUT2D eigenvalue weighted by Crippen LogP contribution is -2.31. The van der Waals surface area contributed by atoms with E-state index in [9.17, 15) is 9.59 Å². The summed E-state index contributed by atoms with van der Waals surface area (Å²) in [5.41, 5.74) is 0. The minimum absolute atomic E-state index is 0.175. The van der Waals surface area contributed by atoms with Gasteiger partial charge in [-0.2, -0.15) is 0 Å². The summed E-state index contributed by atoms with van der Waals surface area (Å²) in [4.78, 5) is 23.9. The van der Waals surface area contributed by atoms with Gasteiger partial charge in [0, 0.05) is 6.61 Å². The molecule has 0 bridgehead atoms. The van der Waals surface area contributed by atoms with Crippen LogP contribution in [0.4, 0.5) is 0 Å². The highest BCUT2D eigenvalue weighted by Gasteiger charge is 2.30. The smallest absolute Gasteiger partial charge is 0.320 e. The monoisotopic (exact) mass is 288 g/mol. The van der Waals surface area contributed by atoms with Crippen LogP contribution in [-0.4, -0.2) is 35.9 Å². The fourth-order valence-corrected chi connectivity index (χ4v) is 1.77. The van der Waals surface area contributed by atoms with Crippen LogP contribution in [0.3, 0.4) is 0 Å². The molecular weight excluding hydrogens is 260 g/mol. The molecule has 0 saturated carbocycles. The highest BCUT2D eigenvalue weighted by Crippen LogP contribution is 2.16. The number of carbonyl (C=O) groups excluding carboxylic acids is 2. The average molecular weight is 288 g/mol. The second-order valence-electron chi connectivity index (χ2n) is 5.45. The predicted octanol–water partition coefficient (Wildman–Crippen LogP) is 2.45. The lowest BCUT2D eigenvalue weighted by molar-refractivity contribution is -0.166. The van der Waals surface area contributed by atoms with Crippen molar-refractivity contribution in [3.63, 3.8) is 0 Å². The highest BCUT2D eigenvalue weighted by atomic mass is 16.6. The van der Waals surface area contributed by atoms with Crippen molar-refractivity contribution in [2.24, 2.45) is 5.92 Å². The molecule has 0 aliphatic carbocycles. The maximum absolute atomic E-state index is 11.9. The molecule has 5 nitrogen and oxygen atoms in total. The van der Waals surface area contributed by atoms with Gasteiger partial charge in [0.05, 0.1) is 12.2 Å². The summed E-state index contributed by atoms with van der Waals surface area (Å²) in [5.74, 6) is -1.85. The molecule has 0 aliphatic heterocycles. The first kappa shape index (κ1) is 18.9. The zero-order valence-corrected chi connectivity index (χ0v) is 13.1. The first-order chi connectivity index (χ1) is 9.38. The molecule has 0 heterocycles. The number of rotatable bonds is 10. The molecule has 118 valence electrons. The molecule has 0 unspecified atom stereocenters. The Morgan fingerprint density at radius 2 is 1.30 bits per heavy atom. The van der Waals surface area contributed by atoms with Crippen LogP contribution < -0.4 is 0 Å². The maximum atomic E-state index is 11.9. The zero-order valence-electron chi connectivity index (χ0n) is 13.1. The topological polar surface area (TPSA) is 72.8 Å². The van der Waals surface area contributed by atoms with E-state index in [0.29, 0.717) is 6.42 Å². The van der Waals surface area contributed by atoms with E-state index < -0.39 is 17.9 Å². The Bertz CT molecular complexity index is 264. The molecule has 0 saturated heterocycles. The van der Waals surface area contributed by atoms with Gasteiger partial charge in [-0.05, 0) is 40.5 Å². The molecule has 0 aliphatic rings. The number of ether oxygens (including phenoxy) is 2. The van der Waals surface area contributed by atoms with Crippen molar-refractivity contribution in [2.75, 3.05) is 6.61 Å². The molecule has 0 fully saturated rings. The van der Waals surface area contributed by atoms with E-state index in [0.717, 1.165) is 25.7 Å². The Hall–Kier alpha value is -1.10. The summed E-state index contributed by atoms with van der Waals surface area (Å²) < 4.78 is 10.2. The third kappa shape index (κ3) is 8.91. The Morgan fingerprint density at radius 3 is 1.70 bits per heavy atom. The molecule has 0 atom stereocenters. The third-order valence-electron chi connectivity index (χ3n) is 2.67. The van der Waals surface area contributed by atoms with Crippen molar-refractivity contribution >= 4 is 11.9 Å². The van der Waals surface area contributed by atoms with Gasteiger partial charge in [-0.25, -0.2) is 0 Å². The first-order valence-electron chi connectivity index (χ1n) is 7.40. The van der Waals surface area contributed by atoms with E-state index in [-0.39, 0.29) is 18.8 Å². The Kier molecular flexibility index (Phi) is 10.1. The number of esters is 2. The number of hydrogen-bond donors (Lipinski definition) is 1. The van der Waals surface area contributed by atoms with Crippen LogP contribution in [0, 0.1) is 5.92 Å². The summed E-state index contributed by atoms with van der Waals surface area (Å²) >= 11 is 0. The highest BCUT2D eigenvalue weighted by molar-refractivity contribution is 5.95. The lowest BCUT2D eigenvalue weighted by Gasteiger charge is -2.18. The van der Waals surface area contributed by atoms with Crippen molar-refractivity contribution in [1.82, 2.24) is 0 Å². The molecule has 5 heteroatoms. The normalized spacial score (nSPS) is 11.2. The quantitative estimate of drug-likeness (QED) is 0.380. The van der Waals surface area contributed by atoms with Crippen molar-refractivity contribution in [3.8, 4) is 0 Å². The van der Waals surface area contributed by atoms with Crippen LogP contribution in [0.15, 0.2) is 0 Å². The minimum atomic E-state index is -0.839. The lowest BCUT2D eigenvalue weighted by atomic mass is 10.0. The molecule has 0 spiro atoms. The largest absolute Gasteiger partial charge is 0.462 e. The third-order valence-corrected chi connectivity index (χ3v) is 2.67. The van der Waals surface area contributed by atoms with E-state index in [1.54, 1.807) is 27.7 Å². The van der Waals surface area contributed by atoms with Crippen LogP contribution in [0.1, 0.15) is 59.8 Å². The van der Waals surface area contributed by atoms with Gasteiger partial charge >= 0.3 is 11.9 Å². The molecule has 0 rings (SSSR count). The van der Waals surface area contributed by atoms with Crippen LogP contribution in [0.2, 0.25) is 0 Å². The second kappa shape index (κ2) is 10.7. The molecule has 0 aromatic heterocycles. The number of hydrogen-bond acceptors (Lipinski definition) is 5. The summed E-state index contributed by atoms with van der Waals surface area (Å²) in [6, 6.07) is 0. The van der Waals surface area contributed by atoms with Crippen molar-refractivity contribution in [2.45, 2.75) is 72.0 Å². The van der Waals surface area contributed by atoms with E-state index >= 15 is 0 Å². The summed E-state index contributed by atoms with van der Waals surface area (Å²) in [6.07, 6.45) is 3.20. The molecule has 0 aromatic carbocycles. The van der Waals surface area contributed by atoms with Crippen molar-refractivity contribution < 1.29 is 24.2 Å². The fraction of sp³-hybridized carbons (Fsp3) is 0.867. The summed E-state index contributed by atoms with van der Waals surface area (Å²) in [7, 11) is 0. The molecule has 1 N–H and O–H groups in total. The molecule has 0 aromatic rings. The van der Waals surface area contributed by atoms with Gasteiger partial charge in [0.2, 0.25) is 0 Å². The van der Waals surface area contributed by atoms with Crippen LogP contribution >= 0.6 is 0 Å². The maximum Gasteiger partial charge on any atom is 0.320 e. The van der Waals surface area contributed by atoms with Crippen molar-refractivity contribution in [3.05, 3.63) is 0 Å². The first-order valence-corrected chi connectivity index (χ1v) is 7.40. The van der Waals surface area contributed by atoms with Gasteiger partial charge in [-0.3, -0.25) is 9.59 Å². The predicted molar refractivity (Wildman–Crippen MR) is 76.1 cm³/mol. The number of unbranched alkanes of at least 4 members (excludes halogenated alkanes) is 3. The average Bonchev–Trinajstić information content (AvgIpc) is 2.31. The molecular formula is C15H28O5. The molecule has 0 amide bonds. The van der Waals surface area contributed by atoms with E-state index in [1.807, 2.05) is 0 Å². The second-order valence-corrected chi connectivity index (χ2v) is 5.45. The van der Waals surface area contributed by atoms with Gasteiger partial charge in [0.1, 0.15) is 0 Å². The Balaban J connectivity index is 4.38. The zero-order chi connectivity index (χ0) is 15.5. The number of aliphatic hydroxyl groups is 1. The van der Waals surface area contributed by atoms with Crippen LogP contribution in [0.5, 0.6) is 0 Å². The molecule has 0 radical (unpaired) electrons. The fourth-order valence-electron chi connectivity index (χ4n) is 1.77. The van der Waals surface area contributed by atoms with Gasteiger partial charge in [-0.1, -0.05) is 19.3 Å². The Morgan fingerprint density at radius 1 is 0.850 bits per heavy atom. The molecule has 20 heavy (non-hydrogen) atoms. The standard InChI is InChI=1S/C15H28O5/c1-11(2)19-14(17)13(15(18)20-12(3)4)9-7-5-6-8-10-16/h11-13,16H,5-10H2,1-4H3. The summed E-state index contributed by atoms with van der Waals surface area (Å²) in [6.45, 7) is 7.19. The SMILES string of the molecule is CC(C)OC(=O)C(CCCCCCO)C(=O)OC(C)C. The number of carbonyl (C=O) groups is 2. The van der Waals surface area contributed by atoms with Crippen LogP contribution in [0.25, 0.3) is 0 Å². The number of aliphatic hydroxyl groups excluding tert-OH is 1. The summed E-state index contributed by atoms with van der Waals surface area (Å²) in [5, 5.41) is 8.70. The van der Waals surface area contributed by atoms with Gasteiger partial charge in [0.15, 0.2) is 5.92 Å². The minimum Gasteiger partial charge on any atom is -0.462 e. The Labute approximate surface area is 121 Å².